The number of hydrogen-bond acceptors (Lipinski definition) is 2. The number of hydrogen-bond donors (Lipinski definition) is 1. The van der Waals surface area contributed by atoms with Crippen molar-refractivity contribution < 1.29 is 9.18 Å². The molecule has 122 valence electrons. The number of rotatable bonds is 4. The molecule has 1 fully saturated rings. The lowest BCUT2D eigenvalue weighted by atomic mass is 10.00. The lowest BCUT2D eigenvalue weighted by molar-refractivity contribution is 0.0726. The molecule has 2 aliphatic rings. The van der Waals surface area contributed by atoms with Gasteiger partial charge in [0.05, 0.1) is 11.9 Å². The van der Waals surface area contributed by atoms with E-state index in [1.807, 2.05) is 23.3 Å². The average Bonchev–Trinajstić information content (AvgIpc) is 3.28. The molecule has 1 aromatic heterocycles. The first-order valence-electron chi connectivity index (χ1n) is 7.56. The Morgan fingerprint density at radius 2 is 2.05 bits per heavy atom. The molecule has 4 nitrogen and oxygen atoms in total. The molecule has 1 aromatic rings. The highest BCUT2D eigenvalue weighted by atomic mass is 35.5. The van der Waals surface area contributed by atoms with E-state index in [0.29, 0.717) is 24.5 Å². The van der Waals surface area contributed by atoms with Crippen LogP contribution in [-0.4, -0.2) is 34.5 Å². The van der Waals surface area contributed by atoms with Gasteiger partial charge >= 0.3 is 0 Å². The fourth-order valence-corrected chi connectivity index (χ4v) is 3.33. The van der Waals surface area contributed by atoms with Crippen LogP contribution in [0.4, 0.5) is 4.39 Å². The quantitative estimate of drug-likeness (QED) is 0.923. The topological polar surface area (TPSA) is 51.3 Å². The molecular weight excluding hydrogens is 305 g/mol. The van der Waals surface area contributed by atoms with Gasteiger partial charge < -0.3 is 15.2 Å². The average molecular weight is 328 g/mol. The maximum atomic E-state index is 12.8. The maximum Gasteiger partial charge on any atom is 0.256 e. The summed E-state index contributed by atoms with van der Waals surface area (Å²) in [5.41, 5.74) is 10.1. The zero-order valence-electron chi connectivity index (χ0n) is 13.1. The number of carbonyl (C=O) groups is 1. The van der Waals surface area contributed by atoms with E-state index in [-0.39, 0.29) is 24.9 Å². The van der Waals surface area contributed by atoms with Crippen molar-refractivity contribution in [3.8, 4) is 0 Å². The summed E-state index contributed by atoms with van der Waals surface area (Å²) in [4.78, 5) is 14.7. The predicted molar refractivity (Wildman–Crippen MR) is 87.2 cm³/mol. The van der Waals surface area contributed by atoms with E-state index in [4.69, 9.17) is 5.73 Å². The third-order valence-electron chi connectivity index (χ3n) is 4.75. The van der Waals surface area contributed by atoms with Gasteiger partial charge in [-0.25, -0.2) is 4.39 Å². The van der Waals surface area contributed by atoms with Crippen LogP contribution >= 0.6 is 12.4 Å². The molecule has 2 N–H and O–H groups in total. The number of nitrogens with two attached hydrogens (primary N) is 1. The zero-order chi connectivity index (χ0) is 15.1. The summed E-state index contributed by atoms with van der Waals surface area (Å²) in [6.45, 7) is 5.39. The van der Waals surface area contributed by atoms with Gasteiger partial charge in [0.1, 0.15) is 0 Å². The van der Waals surface area contributed by atoms with E-state index in [2.05, 4.69) is 0 Å². The molecule has 0 atom stereocenters. The normalized spacial score (nSPS) is 18.3. The molecule has 0 radical (unpaired) electrons. The Hall–Kier alpha value is -1.33. The minimum atomic E-state index is 0. The predicted octanol–water partition coefficient (Wildman–Crippen LogP) is 2.50. The summed E-state index contributed by atoms with van der Waals surface area (Å²) in [5, 5.41) is 0. The van der Waals surface area contributed by atoms with Crippen LogP contribution < -0.4 is 5.73 Å². The second-order valence-corrected chi connectivity index (χ2v) is 6.06. The molecule has 1 saturated carbocycles. The highest BCUT2D eigenvalue weighted by Crippen LogP contribution is 2.35. The van der Waals surface area contributed by atoms with Gasteiger partial charge in [0.2, 0.25) is 0 Å². The van der Waals surface area contributed by atoms with Gasteiger partial charge in [-0.15, -0.1) is 12.4 Å². The van der Waals surface area contributed by atoms with Crippen molar-refractivity contribution in [3.63, 3.8) is 0 Å². The first-order valence-corrected chi connectivity index (χ1v) is 7.56. The van der Waals surface area contributed by atoms with E-state index < -0.39 is 0 Å². The highest BCUT2D eigenvalue weighted by molar-refractivity contribution is 5.98. The van der Waals surface area contributed by atoms with E-state index in [1.165, 1.54) is 0 Å². The molecule has 1 aliphatic heterocycles. The van der Waals surface area contributed by atoms with Crippen molar-refractivity contribution in [1.29, 1.82) is 0 Å². The largest absolute Gasteiger partial charge is 0.344 e. The van der Waals surface area contributed by atoms with Crippen LogP contribution in [0.15, 0.2) is 11.9 Å². The summed E-state index contributed by atoms with van der Waals surface area (Å²) in [5.74, 6) is 0.150. The lowest BCUT2D eigenvalue weighted by Crippen LogP contribution is -2.39. The molecule has 22 heavy (non-hydrogen) atoms. The van der Waals surface area contributed by atoms with Crippen LogP contribution in [-0.2, 0) is 13.0 Å². The van der Waals surface area contributed by atoms with Crippen LogP contribution in [0, 0.1) is 13.8 Å². The van der Waals surface area contributed by atoms with Crippen LogP contribution in [0.2, 0.25) is 0 Å². The Bertz CT molecular complexity index is 619. The fourth-order valence-electron chi connectivity index (χ4n) is 3.33. The summed E-state index contributed by atoms with van der Waals surface area (Å²) >= 11 is 0. The fraction of sp³-hybridized carbons (Fsp3) is 0.562. The lowest BCUT2D eigenvalue weighted by Gasteiger charge is -2.27. The van der Waals surface area contributed by atoms with E-state index >= 15 is 0 Å². The summed E-state index contributed by atoms with van der Waals surface area (Å²) in [7, 11) is 0. The van der Waals surface area contributed by atoms with Crippen molar-refractivity contribution >= 4 is 18.3 Å². The second kappa shape index (κ2) is 6.42. The molecule has 0 unspecified atom stereocenters. The molecule has 6 heteroatoms. The van der Waals surface area contributed by atoms with Gasteiger partial charge in [-0.2, -0.15) is 0 Å². The smallest absolute Gasteiger partial charge is 0.256 e. The van der Waals surface area contributed by atoms with Gasteiger partial charge in [0, 0.05) is 37.1 Å². The van der Waals surface area contributed by atoms with Crippen LogP contribution in [0.5, 0.6) is 0 Å². The second-order valence-electron chi connectivity index (χ2n) is 6.06. The number of halogens is 2. The summed E-state index contributed by atoms with van der Waals surface area (Å²) in [6, 6.07) is 0.444. The molecule has 1 aliphatic carbocycles. The Morgan fingerprint density at radius 1 is 1.36 bits per heavy atom. The standard InChI is InChI=1S/C16H22FN3O.ClH/c1-10-14-5-6-19(13-3-4-13)16(21)15(14)11(2)20(10)9-12(7-17)8-18;/h7,13H,3-6,8-9,18H2,1-2H3;1H/b12-7+;. The van der Waals surface area contributed by atoms with E-state index in [9.17, 15) is 9.18 Å². The van der Waals surface area contributed by atoms with Gasteiger partial charge in [0.15, 0.2) is 0 Å². The molecule has 0 aromatic carbocycles. The van der Waals surface area contributed by atoms with Gasteiger partial charge in [-0.1, -0.05) is 0 Å². The van der Waals surface area contributed by atoms with Crippen LogP contribution in [0.1, 0.15) is 40.2 Å². The molecule has 0 saturated heterocycles. The highest BCUT2D eigenvalue weighted by Gasteiger charge is 2.38. The maximum absolute atomic E-state index is 12.8. The number of carbonyl (C=O) groups excluding carboxylic acids is 1. The van der Waals surface area contributed by atoms with Gasteiger partial charge in [0.25, 0.3) is 5.91 Å². The van der Waals surface area contributed by atoms with Crippen molar-refractivity contribution in [2.75, 3.05) is 13.1 Å². The summed E-state index contributed by atoms with van der Waals surface area (Å²) < 4.78 is 14.8. The van der Waals surface area contributed by atoms with Crippen LogP contribution in [0.25, 0.3) is 0 Å². The van der Waals surface area contributed by atoms with Crippen molar-refractivity contribution in [3.05, 3.63) is 34.4 Å². The molecule has 3 rings (SSSR count). The Kier molecular flexibility index (Phi) is 4.97. The third kappa shape index (κ3) is 2.68. The third-order valence-corrected chi connectivity index (χ3v) is 4.75. The first-order chi connectivity index (χ1) is 10.1. The van der Waals surface area contributed by atoms with Crippen molar-refractivity contribution in [2.24, 2.45) is 5.73 Å². The number of aromatic nitrogens is 1. The Balaban J connectivity index is 0.00000176. The molecular formula is C16H23ClFN3O. The van der Waals surface area contributed by atoms with Crippen LogP contribution in [0.3, 0.4) is 0 Å². The molecule has 2 heterocycles. The number of nitrogens with zero attached hydrogens (tertiary/aromatic N) is 2. The number of amides is 1. The molecule has 1 amide bonds. The molecule has 0 bridgehead atoms. The van der Waals surface area contributed by atoms with Crippen molar-refractivity contribution in [2.45, 2.75) is 45.7 Å². The van der Waals surface area contributed by atoms with Gasteiger partial charge in [-0.05, 0) is 44.2 Å². The minimum absolute atomic E-state index is 0. The van der Waals surface area contributed by atoms with Gasteiger partial charge in [-0.3, -0.25) is 4.79 Å². The monoisotopic (exact) mass is 327 g/mol. The first kappa shape index (κ1) is 17.0. The summed E-state index contributed by atoms with van der Waals surface area (Å²) in [6.07, 6.45) is 3.73. The number of fused-ring (bicyclic) bond motifs is 1. The van der Waals surface area contributed by atoms with E-state index in [0.717, 1.165) is 48.3 Å². The zero-order valence-corrected chi connectivity index (χ0v) is 13.9. The SMILES string of the molecule is Cc1c2c(c(C)n1C/C(=C/F)CN)C(=O)N(C1CC1)CC2.Cl. The Labute approximate surface area is 136 Å². The minimum Gasteiger partial charge on any atom is -0.344 e. The molecule has 0 spiro atoms. The Morgan fingerprint density at radius 3 is 2.59 bits per heavy atom. The van der Waals surface area contributed by atoms with Crippen molar-refractivity contribution in [1.82, 2.24) is 9.47 Å². The van der Waals surface area contributed by atoms with E-state index in [1.54, 1.807) is 0 Å².